The van der Waals surface area contributed by atoms with Crippen LogP contribution in [0.2, 0.25) is 0 Å². The quantitative estimate of drug-likeness (QED) is 0.184. The van der Waals surface area contributed by atoms with E-state index in [2.05, 4.69) is 89.9 Å². The molecule has 1 atom stereocenters. The summed E-state index contributed by atoms with van der Waals surface area (Å²) in [5, 5.41) is 14.2. The van der Waals surface area contributed by atoms with Gasteiger partial charge in [-0.2, -0.15) is 5.10 Å². The van der Waals surface area contributed by atoms with Crippen molar-refractivity contribution >= 4 is 60.8 Å². The highest BCUT2D eigenvalue weighted by Crippen LogP contribution is 2.45. The minimum absolute atomic E-state index is 0.223. The van der Waals surface area contributed by atoms with Crippen molar-refractivity contribution in [2.24, 2.45) is 7.05 Å². The van der Waals surface area contributed by atoms with Crippen LogP contribution in [0.25, 0.3) is 54.6 Å². The number of carbonyl (C=O) groups is 1. The number of pyridine rings is 1. The number of rotatable bonds is 4. The van der Waals surface area contributed by atoms with Crippen molar-refractivity contribution < 1.29 is 4.79 Å². The van der Waals surface area contributed by atoms with Crippen LogP contribution in [-0.4, -0.2) is 63.3 Å². The van der Waals surface area contributed by atoms with Crippen LogP contribution in [0, 0.1) is 20.8 Å². The highest BCUT2D eigenvalue weighted by molar-refractivity contribution is 6.34. The summed E-state index contributed by atoms with van der Waals surface area (Å²) in [6.07, 6.45) is 5.20. The molecule has 0 saturated carbocycles. The van der Waals surface area contributed by atoms with Gasteiger partial charge in [0.05, 0.1) is 17.4 Å². The molecule has 1 aliphatic rings. The van der Waals surface area contributed by atoms with Gasteiger partial charge in [-0.1, -0.05) is 24.8 Å². The predicted octanol–water partition coefficient (Wildman–Crippen LogP) is 6.61. The molecule has 3 aromatic heterocycles. The zero-order valence-corrected chi connectivity index (χ0v) is 25.7. The zero-order chi connectivity index (χ0) is 30.2. The third-order valence-electron chi connectivity index (χ3n) is 9.59. The third-order valence-corrected chi connectivity index (χ3v) is 9.59. The number of amides is 1. The maximum atomic E-state index is 12.7. The van der Waals surface area contributed by atoms with Gasteiger partial charge < -0.3 is 20.1 Å². The van der Waals surface area contributed by atoms with Crippen molar-refractivity contribution in [2.75, 3.05) is 36.9 Å². The molecule has 1 amide bonds. The number of likely N-dealkylation sites (N-methyl/N-ethyl adjacent to an activating group) is 1. The minimum Gasteiger partial charge on any atom is -0.369 e. The molecular weight excluding hydrogens is 534 g/mol. The lowest BCUT2D eigenvalue weighted by Crippen LogP contribution is -2.50. The molecule has 7 rings (SSSR count). The molecule has 1 saturated heterocycles. The summed E-state index contributed by atoms with van der Waals surface area (Å²) in [7, 11) is 4.15. The Kier molecular flexibility index (Phi) is 6.29. The second kappa shape index (κ2) is 9.95. The monoisotopic (exact) mass is 571 g/mol. The number of aromatic amines is 1. The number of nitrogens with one attached hydrogen (secondary N) is 2. The van der Waals surface area contributed by atoms with Crippen LogP contribution in [0.4, 0.5) is 11.4 Å². The third kappa shape index (κ3) is 4.12. The Morgan fingerprint density at radius 1 is 1.00 bits per heavy atom. The molecule has 2 N–H and O–H groups in total. The molecule has 43 heavy (non-hydrogen) atoms. The minimum atomic E-state index is -0.223. The van der Waals surface area contributed by atoms with Crippen molar-refractivity contribution in [1.29, 1.82) is 0 Å². The molecule has 0 unspecified atom stereocenters. The van der Waals surface area contributed by atoms with E-state index in [-0.39, 0.29) is 5.91 Å². The fraction of sp³-hybridized carbons (Fsp3) is 0.286. The normalized spacial score (nSPS) is 16.1. The lowest BCUT2D eigenvalue weighted by atomic mass is 9.91. The molecule has 1 fully saturated rings. The van der Waals surface area contributed by atoms with Gasteiger partial charge in [-0.05, 0) is 74.9 Å². The first-order valence-electron chi connectivity index (χ1n) is 14.9. The zero-order valence-electron chi connectivity index (χ0n) is 25.7. The Morgan fingerprint density at radius 2 is 1.79 bits per heavy atom. The number of carbonyl (C=O) groups excluding carboxylic acids is 1. The first-order valence-corrected chi connectivity index (χ1v) is 14.9. The average molecular weight is 572 g/mol. The van der Waals surface area contributed by atoms with E-state index in [1.165, 1.54) is 11.8 Å². The number of anilines is 2. The van der Waals surface area contributed by atoms with E-state index in [1.54, 1.807) is 0 Å². The molecule has 0 aliphatic carbocycles. The molecule has 8 nitrogen and oxygen atoms in total. The molecule has 0 radical (unpaired) electrons. The standard InChI is InChI=1S/C35H37N7O/c1-8-29(43)38-33-19(2)9-11-25-31(33)26-15-23(42-14-13-40(6)20(3)18-42)10-12-24(26)34-32(25)30-21(4)27(16-36-35(30)39-34)28-17-37-41(7)22(28)5/h8-12,15-17,20H,1,13-14,18H2,2-7H3,(H,36,39)(H,38,43)/t20-/m0/s1. The molecule has 8 heteroatoms. The second-order valence-electron chi connectivity index (χ2n) is 12.0. The molecule has 3 aromatic carbocycles. The van der Waals surface area contributed by atoms with E-state index >= 15 is 0 Å². The summed E-state index contributed by atoms with van der Waals surface area (Å²) >= 11 is 0. The first-order chi connectivity index (χ1) is 20.7. The van der Waals surface area contributed by atoms with E-state index in [0.29, 0.717) is 6.04 Å². The molecule has 0 spiro atoms. The van der Waals surface area contributed by atoms with Crippen LogP contribution in [0.3, 0.4) is 0 Å². The topological polar surface area (TPSA) is 82.1 Å². The number of hydrogen-bond donors (Lipinski definition) is 2. The molecule has 4 heterocycles. The number of aromatic nitrogens is 4. The molecule has 1 aliphatic heterocycles. The highest BCUT2D eigenvalue weighted by atomic mass is 16.1. The van der Waals surface area contributed by atoms with E-state index < -0.39 is 0 Å². The Labute approximate surface area is 251 Å². The number of nitrogens with zero attached hydrogens (tertiary/aromatic N) is 5. The van der Waals surface area contributed by atoms with Gasteiger partial charge in [-0.15, -0.1) is 0 Å². The molecule has 6 aromatic rings. The summed E-state index contributed by atoms with van der Waals surface area (Å²) in [6.45, 7) is 15.2. The van der Waals surface area contributed by atoms with Gasteiger partial charge in [0, 0.05) is 83.0 Å². The van der Waals surface area contributed by atoms with Gasteiger partial charge >= 0.3 is 0 Å². The summed E-state index contributed by atoms with van der Waals surface area (Å²) in [5.74, 6) is -0.223. The fourth-order valence-electron chi connectivity index (χ4n) is 6.78. The van der Waals surface area contributed by atoms with Crippen LogP contribution in [0.5, 0.6) is 0 Å². The fourth-order valence-corrected chi connectivity index (χ4v) is 6.78. The van der Waals surface area contributed by atoms with Gasteiger partial charge in [0.2, 0.25) is 5.91 Å². The van der Waals surface area contributed by atoms with Gasteiger partial charge in [0.25, 0.3) is 0 Å². The van der Waals surface area contributed by atoms with Gasteiger partial charge in [-0.3, -0.25) is 9.48 Å². The van der Waals surface area contributed by atoms with Crippen LogP contribution >= 0.6 is 0 Å². The summed E-state index contributed by atoms with van der Waals surface area (Å²) in [6, 6.07) is 11.5. The Balaban J connectivity index is 1.59. The summed E-state index contributed by atoms with van der Waals surface area (Å²) in [4.78, 5) is 26.3. The average Bonchev–Trinajstić information content (AvgIpc) is 3.56. The van der Waals surface area contributed by atoms with Gasteiger partial charge in [0.15, 0.2) is 0 Å². The van der Waals surface area contributed by atoms with Crippen LogP contribution < -0.4 is 10.2 Å². The number of piperazine rings is 1. The van der Waals surface area contributed by atoms with Gasteiger partial charge in [-0.25, -0.2) is 4.98 Å². The molecule has 0 bridgehead atoms. The van der Waals surface area contributed by atoms with Crippen molar-refractivity contribution in [3.63, 3.8) is 0 Å². The van der Waals surface area contributed by atoms with E-state index in [1.807, 2.05) is 31.0 Å². The van der Waals surface area contributed by atoms with E-state index in [4.69, 9.17) is 4.98 Å². The lowest BCUT2D eigenvalue weighted by molar-refractivity contribution is -0.111. The van der Waals surface area contributed by atoms with Crippen molar-refractivity contribution in [2.45, 2.75) is 33.7 Å². The lowest BCUT2D eigenvalue weighted by Gasteiger charge is -2.39. The summed E-state index contributed by atoms with van der Waals surface area (Å²) in [5.41, 5.74) is 9.30. The predicted molar refractivity (Wildman–Crippen MR) is 178 cm³/mol. The summed E-state index contributed by atoms with van der Waals surface area (Å²) < 4.78 is 1.90. The van der Waals surface area contributed by atoms with Crippen LogP contribution in [0.15, 0.2) is 55.4 Å². The Morgan fingerprint density at radius 3 is 2.51 bits per heavy atom. The second-order valence-corrected chi connectivity index (χ2v) is 12.0. The highest BCUT2D eigenvalue weighted by Gasteiger charge is 2.24. The van der Waals surface area contributed by atoms with Crippen LogP contribution in [0.1, 0.15) is 23.7 Å². The smallest absolute Gasteiger partial charge is 0.247 e. The first kappa shape index (κ1) is 27.2. The Bertz CT molecular complexity index is 2120. The maximum absolute atomic E-state index is 12.7. The number of H-pyrrole nitrogens is 1. The number of hydrogen-bond acceptors (Lipinski definition) is 5. The van der Waals surface area contributed by atoms with Gasteiger partial charge in [0.1, 0.15) is 5.65 Å². The SMILES string of the molecule is C=CC(=O)Nc1c(C)ccc2c1c1cc(N3CCN(C)[C@@H](C)C3)ccc1c1[nH]c3ncc(-c4cnn(C)c4C)c(C)c3c21. The molecule has 218 valence electrons. The number of fused-ring (bicyclic) bond motifs is 8. The van der Waals surface area contributed by atoms with Crippen molar-refractivity contribution in [1.82, 2.24) is 24.6 Å². The maximum Gasteiger partial charge on any atom is 0.247 e. The van der Waals surface area contributed by atoms with E-state index in [9.17, 15) is 4.79 Å². The van der Waals surface area contributed by atoms with Crippen molar-refractivity contribution in [3.05, 3.63) is 72.2 Å². The van der Waals surface area contributed by atoms with Crippen molar-refractivity contribution in [3.8, 4) is 11.1 Å². The Hall–Kier alpha value is -4.69. The molecular formula is C35H37N7O. The van der Waals surface area contributed by atoms with Crippen LogP contribution in [-0.2, 0) is 11.8 Å². The number of benzene rings is 3. The van der Waals surface area contributed by atoms with E-state index in [0.717, 1.165) is 96.8 Å². The largest absolute Gasteiger partial charge is 0.369 e. The number of aryl methyl sites for hydroxylation is 3.